The van der Waals surface area contributed by atoms with Crippen LogP contribution in [0.25, 0.3) is 0 Å². The summed E-state index contributed by atoms with van der Waals surface area (Å²) >= 11 is 5.99. The van der Waals surface area contributed by atoms with Crippen LogP contribution >= 0.6 is 11.6 Å². The summed E-state index contributed by atoms with van der Waals surface area (Å²) in [5.41, 5.74) is 4.56. The number of hydrogen-bond acceptors (Lipinski definition) is 5. The van der Waals surface area contributed by atoms with E-state index in [4.69, 9.17) is 16.3 Å². The Kier molecular flexibility index (Phi) is 5.66. The van der Waals surface area contributed by atoms with Gasteiger partial charge in [-0.15, -0.1) is 0 Å². The molecule has 132 valence electrons. The van der Waals surface area contributed by atoms with E-state index >= 15 is 0 Å². The fraction of sp³-hybridized carbons (Fsp3) is 0.105. The third-order valence-corrected chi connectivity index (χ3v) is 3.99. The van der Waals surface area contributed by atoms with Gasteiger partial charge in [0.25, 0.3) is 5.56 Å². The van der Waals surface area contributed by atoms with Crippen molar-refractivity contribution in [1.29, 1.82) is 0 Å². The zero-order valence-corrected chi connectivity index (χ0v) is 14.8. The van der Waals surface area contributed by atoms with Gasteiger partial charge in [-0.3, -0.25) is 10.2 Å². The van der Waals surface area contributed by atoms with Crippen molar-refractivity contribution in [3.63, 3.8) is 0 Å². The molecule has 26 heavy (non-hydrogen) atoms. The maximum Gasteiger partial charge on any atom is 0.287 e. The Balaban J connectivity index is 1.71. The van der Waals surface area contributed by atoms with Crippen LogP contribution < -0.4 is 15.7 Å². The van der Waals surface area contributed by atoms with Crippen LogP contribution in [0.4, 0.5) is 5.69 Å². The van der Waals surface area contributed by atoms with E-state index < -0.39 is 5.56 Å². The van der Waals surface area contributed by atoms with E-state index in [1.807, 2.05) is 54.6 Å². The van der Waals surface area contributed by atoms with Gasteiger partial charge in [-0.1, -0.05) is 54.1 Å². The number of nitrogens with zero attached hydrogens (tertiary/aromatic N) is 3. The van der Waals surface area contributed by atoms with Crippen LogP contribution in [0.1, 0.15) is 11.1 Å². The normalized spacial score (nSPS) is 10.8. The Morgan fingerprint density at radius 3 is 2.73 bits per heavy atom. The fourth-order valence-electron chi connectivity index (χ4n) is 2.21. The molecule has 1 N–H and O–H groups in total. The van der Waals surface area contributed by atoms with Crippen molar-refractivity contribution in [2.75, 3.05) is 5.43 Å². The van der Waals surface area contributed by atoms with Crippen LogP contribution in [0.15, 0.2) is 70.7 Å². The summed E-state index contributed by atoms with van der Waals surface area (Å²) in [5, 5.41) is 8.07. The van der Waals surface area contributed by atoms with Crippen LogP contribution in [0.5, 0.6) is 5.75 Å². The minimum Gasteiger partial charge on any atom is -0.488 e. The highest BCUT2D eigenvalue weighted by Crippen LogP contribution is 2.18. The Hall–Kier alpha value is -3.12. The van der Waals surface area contributed by atoms with Crippen LogP contribution in [0.3, 0.4) is 0 Å². The van der Waals surface area contributed by atoms with Crippen molar-refractivity contribution in [2.45, 2.75) is 6.61 Å². The van der Waals surface area contributed by atoms with Gasteiger partial charge in [-0.25, -0.2) is 4.68 Å². The lowest BCUT2D eigenvalue weighted by Gasteiger charge is -2.09. The second-order valence-corrected chi connectivity index (χ2v) is 5.86. The first-order valence-corrected chi connectivity index (χ1v) is 8.29. The van der Waals surface area contributed by atoms with Crippen LogP contribution in [0.2, 0.25) is 5.02 Å². The van der Waals surface area contributed by atoms with E-state index in [1.165, 1.54) is 13.2 Å². The third kappa shape index (κ3) is 4.29. The molecule has 0 saturated heterocycles. The number of para-hydroxylation sites is 1. The Labute approximate surface area is 155 Å². The topological polar surface area (TPSA) is 68.5 Å². The maximum absolute atomic E-state index is 11.8. The summed E-state index contributed by atoms with van der Waals surface area (Å²) in [6.07, 6.45) is 3.05. The number of hydrazone groups is 1. The number of aryl methyl sites for hydroxylation is 1. The number of benzene rings is 2. The quantitative estimate of drug-likeness (QED) is 0.534. The molecule has 1 heterocycles. The first kappa shape index (κ1) is 17.7. The molecule has 0 bridgehead atoms. The molecule has 3 aromatic rings. The van der Waals surface area contributed by atoms with Crippen molar-refractivity contribution in [3.8, 4) is 5.75 Å². The molecule has 0 aliphatic rings. The van der Waals surface area contributed by atoms with E-state index in [0.717, 1.165) is 15.8 Å². The van der Waals surface area contributed by atoms with Crippen LogP contribution in [-0.2, 0) is 13.7 Å². The number of anilines is 1. The third-order valence-electron chi connectivity index (χ3n) is 3.62. The highest BCUT2D eigenvalue weighted by Gasteiger charge is 2.06. The van der Waals surface area contributed by atoms with Gasteiger partial charge in [0, 0.05) is 12.6 Å². The number of ether oxygens (including phenoxy) is 1. The first-order chi connectivity index (χ1) is 12.6. The highest BCUT2D eigenvalue weighted by atomic mass is 35.5. The minimum atomic E-state index is -0.390. The summed E-state index contributed by atoms with van der Waals surface area (Å²) in [7, 11) is 1.53. The lowest BCUT2D eigenvalue weighted by molar-refractivity contribution is 0.306. The Morgan fingerprint density at radius 2 is 1.92 bits per heavy atom. The molecule has 0 unspecified atom stereocenters. The molecule has 0 aliphatic heterocycles. The van der Waals surface area contributed by atoms with Crippen molar-refractivity contribution in [1.82, 2.24) is 9.78 Å². The standard InChI is InChI=1S/C19H17ClN4O2/c1-24-19(25)18(20)16(12-22-24)23-21-11-15-9-5-6-10-17(15)26-13-14-7-3-2-4-8-14/h2-12,23H,13H2,1H3/b21-11-. The average molecular weight is 369 g/mol. The Bertz CT molecular complexity index is 971. The van der Waals surface area contributed by atoms with Gasteiger partial charge in [-0.2, -0.15) is 10.2 Å². The van der Waals surface area contributed by atoms with E-state index in [-0.39, 0.29) is 5.02 Å². The molecule has 0 spiro atoms. The van der Waals surface area contributed by atoms with E-state index in [1.54, 1.807) is 6.21 Å². The number of nitrogens with one attached hydrogen (secondary N) is 1. The lowest BCUT2D eigenvalue weighted by atomic mass is 10.2. The monoisotopic (exact) mass is 368 g/mol. The summed E-state index contributed by atoms with van der Waals surface area (Å²) in [4.78, 5) is 11.8. The second-order valence-electron chi connectivity index (χ2n) is 5.48. The molecule has 7 heteroatoms. The van der Waals surface area contributed by atoms with Crippen molar-refractivity contribution < 1.29 is 4.74 Å². The largest absolute Gasteiger partial charge is 0.488 e. The smallest absolute Gasteiger partial charge is 0.287 e. The van der Waals surface area contributed by atoms with E-state index in [9.17, 15) is 4.79 Å². The second kappa shape index (κ2) is 8.31. The van der Waals surface area contributed by atoms with E-state index in [0.29, 0.717) is 18.0 Å². The summed E-state index contributed by atoms with van der Waals surface area (Å²) < 4.78 is 7.03. The van der Waals surface area contributed by atoms with Crippen LogP contribution in [-0.4, -0.2) is 16.0 Å². The van der Waals surface area contributed by atoms with Gasteiger partial charge in [0.2, 0.25) is 0 Å². The predicted molar refractivity (Wildman–Crippen MR) is 103 cm³/mol. The Morgan fingerprint density at radius 1 is 1.19 bits per heavy atom. The molecular weight excluding hydrogens is 352 g/mol. The molecule has 2 aromatic carbocycles. The summed E-state index contributed by atoms with van der Waals surface area (Å²) in [5.74, 6) is 0.704. The molecule has 0 radical (unpaired) electrons. The van der Waals surface area contributed by atoms with Gasteiger partial charge in [0.1, 0.15) is 23.1 Å². The number of aromatic nitrogens is 2. The lowest BCUT2D eigenvalue weighted by Crippen LogP contribution is -2.20. The van der Waals surface area contributed by atoms with Crippen molar-refractivity contribution in [2.24, 2.45) is 12.1 Å². The molecule has 0 atom stereocenters. The molecular formula is C19H17ClN4O2. The number of hydrogen-bond donors (Lipinski definition) is 1. The zero-order valence-electron chi connectivity index (χ0n) is 14.1. The predicted octanol–water partition coefficient (Wildman–Crippen LogP) is 3.46. The van der Waals surface area contributed by atoms with Crippen LogP contribution in [0, 0.1) is 0 Å². The average Bonchev–Trinajstić information content (AvgIpc) is 2.68. The van der Waals surface area contributed by atoms with Gasteiger partial charge < -0.3 is 4.74 Å². The van der Waals surface area contributed by atoms with Gasteiger partial charge in [0.05, 0.1) is 12.4 Å². The molecule has 0 fully saturated rings. The number of rotatable bonds is 6. The zero-order chi connectivity index (χ0) is 18.4. The molecule has 0 saturated carbocycles. The SMILES string of the molecule is Cn1ncc(N/N=C\c2ccccc2OCc2ccccc2)c(Cl)c1=O. The van der Waals surface area contributed by atoms with Gasteiger partial charge >= 0.3 is 0 Å². The molecule has 1 aromatic heterocycles. The first-order valence-electron chi connectivity index (χ1n) is 7.92. The molecule has 0 amide bonds. The summed E-state index contributed by atoms with van der Waals surface area (Å²) in [6, 6.07) is 17.5. The molecule has 6 nitrogen and oxygen atoms in total. The van der Waals surface area contributed by atoms with E-state index in [2.05, 4.69) is 15.6 Å². The summed E-state index contributed by atoms with van der Waals surface area (Å²) in [6.45, 7) is 0.462. The fourth-order valence-corrected chi connectivity index (χ4v) is 2.43. The van der Waals surface area contributed by atoms with Crippen molar-refractivity contribution >= 4 is 23.5 Å². The maximum atomic E-state index is 11.8. The minimum absolute atomic E-state index is 0.0354. The highest BCUT2D eigenvalue weighted by molar-refractivity contribution is 6.32. The molecule has 0 aliphatic carbocycles. The van der Waals surface area contributed by atoms with Crippen molar-refractivity contribution in [3.05, 3.63) is 87.3 Å². The van der Waals surface area contributed by atoms with Gasteiger partial charge in [-0.05, 0) is 17.7 Å². The molecule has 3 rings (SSSR count). The number of halogens is 1. The van der Waals surface area contributed by atoms with Gasteiger partial charge in [0.15, 0.2) is 0 Å².